The standard InChI is InChI=1S/C22H22FN3O6/c1-30-21-12-6-11-7-14(25-5-4-10(8-25)9-27)16(23)20-17(11)26(22(12)32-24-21)13-2-3-15(28)18(29)19(13)31-20/h6-7,10-11,17,22,27H,2-5,8-9H2,1H3. The van der Waals surface area contributed by atoms with Crippen molar-refractivity contribution in [2.75, 3.05) is 26.8 Å². The molecule has 0 aromatic heterocycles. The second kappa shape index (κ2) is 6.93. The Bertz CT molecular complexity index is 1090. The average molecular weight is 443 g/mol. The maximum absolute atomic E-state index is 15.9. The highest BCUT2D eigenvalue weighted by molar-refractivity contribution is 6.43. The fourth-order valence-electron chi connectivity index (χ4n) is 5.44. The number of ketones is 2. The fourth-order valence-corrected chi connectivity index (χ4v) is 5.44. The van der Waals surface area contributed by atoms with Crippen molar-refractivity contribution in [3.8, 4) is 0 Å². The van der Waals surface area contributed by atoms with E-state index in [9.17, 15) is 14.7 Å². The Morgan fingerprint density at radius 1 is 1.31 bits per heavy atom. The van der Waals surface area contributed by atoms with Gasteiger partial charge in [0, 0.05) is 38.0 Å². The Morgan fingerprint density at radius 3 is 2.91 bits per heavy atom. The Balaban J connectivity index is 1.50. The number of hydrogen-bond acceptors (Lipinski definition) is 9. The number of Topliss-reactive ketones (excluding diaryl/α,β-unsaturated/α-hetero) is 2. The molecule has 4 heterocycles. The number of nitrogens with zero attached hydrogens (tertiary/aromatic N) is 3. The number of rotatable bonds is 2. The van der Waals surface area contributed by atoms with Gasteiger partial charge in [-0.3, -0.25) is 9.59 Å². The van der Waals surface area contributed by atoms with Crippen molar-refractivity contribution in [3.05, 3.63) is 46.5 Å². The Labute approximate surface area is 183 Å². The van der Waals surface area contributed by atoms with E-state index in [4.69, 9.17) is 14.3 Å². The van der Waals surface area contributed by atoms with Crippen molar-refractivity contribution in [2.45, 2.75) is 31.5 Å². The number of allylic oxidation sites excluding steroid dienone is 3. The quantitative estimate of drug-likeness (QED) is 0.634. The molecule has 0 spiro atoms. The lowest BCUT2D eigenvalue weighted by atomic mass is 9.81. The van der Waals surface area contributed by atoms with E-state index in [1.54, 1.807) is 0 Å². The Morgan fingerprint density at radius 2 is 2.16 bits per heavy atom. The number of aliphatic hydroxyl groups excluding tert-OH is 1. The topological polar surface area (TPSA) is 101 Å². The van der Waals surface area contributed by atoms with Gasteiger partial charge in [0.25, 0.3) is 11.7 Å². The molecule has 1 N–H and O–H groups in total. The molecule has 32 heavy (non-hydrogen) atoms. The highest BCUT2D eigenvalue weighted by Crippen LogP contribution is 2.49. The third-order valence-electron chi connectivity index (χ3n) is 7.01. The van der Waals surface area contributed by atoms with Gasteiger partial charge in [0.05, 0.1) is 24.1 Å². The number of halogens is 1. The molecule has 10 heteroatoms. The molecule has 4 aliphatic heterocycles. The van der Waals surface area contributed by atoms with Crippen LogP contribution in [0.25, 0.3) is 0 Å². The van der Waals surface area contributed by atoms with Crippen LogP contribution >= 0.6 is 0 Å². The number of carbonyl (C=O) groups excluding carboxylic acids is 2. The van der Waals surface area contributed by atoms with Crippen molar-refractivity contribution in [2.24, 2.45) is 17.0 Å². The van der Waals surface area contributed by atoms with Crippen LogP contribution in [0.2, 0.25) is 0 Å². The predicted octanol–water partition coefficient (Wildman–Crippen LogP) is 1.10. The van der Waals surface area contributed by atoms with Gasteiger partial charge in [0.15, 0.2) is 17.3 Å². The van der Waals surface area contributed by atoms with Crippen LogP contribution in [0.3, 0.4) is 0 Å². The van der Waals surface area contributed by atoms with Gasteiger partial charge in [-0.25, -0.2) is 4.39 Å². The molecule has 1 saturated heterocycles. The SMILES string of the molecule is COC1=NOC2C1=CC1C=C(N3CCC(CO)C3)C(F)=C3OC4=C(CCC(=O)C4=O)N2C31. The molecule has 4 unspecified atom stereocenters. The lowest BCUT2D eigenvalue weighted by molar-refractivity contribution is -0.138. The largest absolute Gasteiger partial charge is 0.479 e. The van der Waals surface area contributed by atoms with Crippen molar-refractivity contribution >= 4 is 17.5 Å². The first-order valence-electron chi connectivity index (χ1n) is 10.8. The van der Waals surface area contributed by atoms with E-state index >= 15 is 4.39 Å². The van der Waals surface area contributed by atoms with E-state index in [0.29, 0.717) is 42.4 Å². The average Bonchev–Trinajstić information content (AvgIpc) is 3.45. The summed E-state index contributed by atoms with van der Waals surface area (Å²) in [5.74, 6) is -1.87. The van der Waals surface area contributed by atoms with Crippen molar-refractivity contribution in [1.29, 1.82) is 0 Å². The minimum absolute atomic E-state index is 0.00603. The van der Waals surface area contributed by atoms with Crippen LogP contribution in [-0.4, -0.2) is 71.4 Å². The predicted molar refractivity (Wildman–Crippen MR) is 107 cm³/mol. The second-order valence-corrected chi connectivity index (χ2v) is 8.75. The van der Waals surface area contributed by atoms with Crippen LogP contribution in [0.5, 0.6) is 0 Å². The van der Waals surface area contributed by atoms with E-state index < -0.39 is 29.7 Å². The summed E-state index contributed by atoms with van der Waals surface area (Å²) in [6.45, 7) is 1.18. The van der Waals surface area contributed by atoms with E-state index in [0.717, 1.165) is 6.42 Å². The first kappa shape index (κ1) is 19.5. The molecule has 6 rings (SSSR count). The normalized spacial score (nSPS) is 33.2. The molecule has 168 valence electrons. The van der Waals surface area contributed by atoms with Gasteiger partial charge in [-0.2, -0.15) is 0 Å². The molecule has 0 aromatic carbocycles. The zero-order valence-corrected chi connectivity index (χ0v) is 17.4. The molecule has 0 bridgehead atoms. The second-order valence-electron chi connectivity index (χ2n) is 8.75. The van der Waals surface area contributed by atoms with Crippen LogP contribution in [0.1, 0.15) is 19.3 Å². The van der Waals surface area contributed by atoms with E-state index in [-0.39, 0.29) is 36.4 Å². The van der Waals surface area contributed by atoms with Crippen LogP contribution in [0.4, 0.5) is 4.39 Å². The minimum atomic E-state index is -0.749. The van der Waals surface area contributed by atoms with Gasteiger partial charge in [-0.05, 0) is 24.1 Å². The Hall–Kier alpha value is -3.14. The third-order valence-corrected chi connectivity index (χ3v) is 7.01. The molecule has 0 aromatic rings. The summed E-state index contributed by atoms with van der Waals surface area (Å²) in [7, 11) is 1.50. The molecule has 2 aliphatic carbocycles. The molecule has 6 aliphatic rings. The number of aliphatic hydroxyl groups is 1. The summed E-state index contributed by atoms with van der Waals surface area (Å²) in [6, 6.07) is -0.560. The van der Waals surface area contributed by atoms with E-state index in [2.05, 4.69) is 5.16 Å². The fraction of sp³-hybridized carbons (Fsp3) is 0.500. The monoisotopic (exact) mass is 443 g/mol. The first-order valence-corrected chi connectivity index (χ1v) is 10.8. The Kier molecular flexibility index (Phi) is 4.23. The number of methoxy groups -OCH3 is 1. The summed E-state index contributed by atoms with van der Waals surface area (Å²) in [5.41, 5.74) is 1.60. The van der Waals surface area contributed by atoms with Crippen molar-refractivity contribution in [3.63, 3.8) is 0 Å². The van der Waals surface area contributed by atoms with Crippen molar-refractivity contribution < 1.29 is 33.4 Å². The molecular weight excluding hydrogens is 421 g/mol. The zero-order chi connectivity index (χ0) is 22.1. The number of ether oxygens (including phenoxy) is 2. The summed E-state index contributed by atoms with van der Waals surface area (Å²) in [6.07, 6.45) is 4.24. The number of carbonyl (C=O) groups is 2. The lowest BCUT2D eigenvalue weighted by Crippen LogP contribution is -2.56. The lowest BCUT2D eigenvalue weighted by Gasteiger charge is -2.49. The number of fused-ring (bicyclic) bond motifs is 3. The smallest absolute Gasteiger partial charge is 0.265 e. The van der Waals surface area contributed by atoms with Gasteiger partial charge in [0.1, 0.15) is 6.04 Å². The van der Waals surface area contributed by atoms with Crippen LogP contribution in [0.15, 0.2) is 51.6 Å². The molecule has 9 nitrogen and oxygen atoms in total. The number of likely N-dealkylation sites (tertiary alicyclic amines) is 1. The summed E-state index contributed by atoms with van der Waals surface area (Å²) < 4.78 is 27.1. The van der Waals surface area contributed by atoms with Crippen LogP contribution in [0, 0.1) is 11.8 Å². The van der Waals surface area contributed by atoms with Crippen LogP contribution < -0.4 is 0 Å². The maximum Gasteiger partial charge on any atom is 0.265 e. The number of hydrogen-bond donors (Lipinski definition) is 1. The molecular formula is C22H22FN3O6. The van der Waals surface area contributed by atoms with Gasteiger partial charge in [0.2, 0.25) is 12.0 Å². The molecule has 0 saturated carbocycles. The summed E-state index contributed by atoms with van der Waals surface area (Å²) in [4.78, 5) is 34.1. The number of oxime groups is 1. The third kappa shape index (κ3) is 2.55. The summed E-state index contributed by atoms with van der Waals surface area (Å²) in [5, 5.41) is 13.5. The maximum atomic E-state index is 15.9. The minimum Gasteiger partial charge on any atom is -0.479 e. The van der Waals surface area contributed by atoms with Crippen LogP contribution in [-0.2, 0) is 23.9 Å². The van der Waals surface area contributed by atoms with Gasteiger partial charge in [-0.1, -0.05) is 6.08 Å². The van der Waals surface area contributed by atoms with Gasteiger partial charge in [-0.15, -0.1) is 0 Å². The molecule has 0 amide bonds. The van der Waals surface area contributed by atoms with E-state index in [1.165, 1.54) is 7.11 Å². The molecule has 0 radical (unpaired) electrons. The first-order chi connectivity index (χ1) is 15.5. The highest BCUT2D eigenvalue weighted by atomic mass is 19.1. The molecule has 4 atom stereocenters. The van der Waals surface area contributed by atoms with Gasteiger partial charge < -0.3 is 29.2 Å². The molecule has 1 fully saturated rings. The summed E-state index contributed by atoms with van der Waals surface area (Å²) >= 11 is 0. The highest BCUT2D eigenvalue weighted by Gasteiger charge is 2.54. The zero-order valence-electron chi connectivity index (χ0n) is 17.4. The van der Waals surface area contributed by atoms with E-state index in [1.807, 2.05) is 22.0 Å². The van der Waals surface area contributed by atoms with Crippen molar-refractivity contribution in [1.82, 2.24) is 9.80 Å². The van der Waals surface area contributed by atoms with Gasteiger partial charge >= 0.3 is 0 Å².